The van der Waals surface area contributed by atoms with Gasteiger partial charge in [-0.05, 0) is 35.7 Å². The number of hydrogen-bond acceptors (Lipinski definition) is 2. The van der Waals surface area contributed by atoms with E-state index in [0.717, 1.165) is 25.6 Å². The Balaban J connectivity index is 2.38. The molecule has 0 fully saturated rings. The third-order valence-corrected chi connectivity index (χ3v) is 2.90. The van der Waals surface area contributed by atoms with Crippen LogP contribution in [0.4, 0.5) is 0 Å². The second-order valence-corrected chi connectivity index (χ2v) is 4.39. The van der Waals surface area contributed by atoms with Gasteiger partial charge in [0.15, 0.2) is 5.96 Å². The monoisotopic (exact) mass is 239 g/mol. The molecule has 0 amide bonds. The van der Waals surface area contributed by atoms with Crippen LogP contribution in [0.3, 0.4) is 0 Å². The highest BCUT2D eigenvalue weighted by Crippen LogP contribution is 2.06. The highest BCUT2D eigenvalue weighted by Gasteiger charge is 1.96. The molecule has 1 aromatic rings. The second-order valence-electron chi connectivity index (χ2n) is 3.61. The van der Waals surface area contributed by atoms with E-state index in [1.165, 1.54) is 18.4 Å². The maximum Gasteiger partial charge on any atom is 0.191 e. The maximum absolute atomic E-state index is 4.53. The molecule has 0 saturated carbocycles. The van der Waals surface area contributed by atoms with E-state index in [1.54, 1.807) is 11.3 Å². The number of nitrogens with one attached hydrogen (secondary N) is 2. The van der Waals surface area contributed by atoms with Crippen LogP contribution in [0.2, 0.25) is 0 Å². The van der Waals surface area contributed by atoms with Crippen molar-refractivity contribution >= 4 is 17.3 Å². The van der Waals surface area contributed by atoms with E-state index >= 15 is 0 Å². The van der Waals surface area contributed by atoms with Gasteiger partial charge in [0.2, 0.25) is 0 Å². The lowest BCUT2D eigenvalue weighted by Crippen LogP contribution is -2.37. The zero-order valence-electron chi connectivity index (χ0n) is 10.1. The highest BCUT2D eigenvalue weighted by molar-refractivity contribution is 7.07. The Bertz CT molecular complexity index is 293. The summed E-state index contributed by atoms with van der Waals surface area (Å²) in [6, 6.07) is 2.11. The summed E-state index contributed by atoms with van der Waals surface area (Å²) in [7, 11) is 0. The fraction of sp³-hybridized carbons (Fsp3) is 0.583. The first-order valence-electron chi connectivity index (χ1n) is 5.90. The van der Waals surface area contributed by atoms with Gasteiger partial charge in [0.1, 0.15) is 0 Å². The van der Waals surface area contributed by atoms with E-state index in [4.69, 9.17) is 0 Å². The quantitative estimate of drug-likeness (QED) is 0.455. The summed E-state index contributed by atoms with van der Waals surface area (Å²) in [6.07, 6.45) is 2.39. The summed E-state index contributed by atoms with van der Waals surface area (Å²) >= 11 is 1.72. The molecule has 2 N–H and O–H groups in total. The maximum atomic E-state index is 4.53. The highest BCUT2D eigenvalue weighted by atomic mass is 32.1. The molecule has 1 rings (SSSR count). The molecule has 3 nitrogen and oxygen atoms in total. The van der Waals surface area contributed by atoms with Gasteiger partial charge in [0, 0.05) is 13.1 Å². The van der Waals surface area contributed by atoms with Crippen LogP contribution in [0.5, 0.6) is 0 Å². The van der Waals surface area contributed by atoms with Crippen LogP contribution in [0.15, 0.2) is 21.8 Å². The molecule has 0 spiro atoms. The lowest BCUT2D eigenvalue weighted by Gasteiger charge is -2.10. The molecular formula is C12H21N3S. The van der Waals surface area contributed by atoms with Crippen molar-refractivity contribution in [2.24, 2.45) is 4.99 Å². The van der Waals surface area contributed by atoms with Gasteiger partial charge in [-0.25, -0.2) is 4.99 Å². The zero-order valence-corrected chi connectivity index (χ0v) is 10.9. The van der Waals surface area contributed by atoms with Crippen molar-refractivity contribution in [3.05, 3.63) is 22.4 Å². The largest absolute Gasteiger partial charge is 0.357 e. The number of rotatable bonds is 6. The van der Waals surface area contributed by atoms with Gasteiger partial charge in [-0.15, -0.1) is 0 Å². The fourth-order valence-corrected chi connectivity index (χ4v) is 1.94. The predicted molar refractivity (Wildman–Crippen MR) is 72.0 cm³/mol. The van der Waals surface area contributed by atoms with Crippen molar-refractivity contribution in [2.75, 3.05) is 13.1 Å². The van der Waals surface area contributed by atoms with E-state index in [0.29, 0.717) is 0 Å². The van der Waals surface area contributed by atoms with Gasteiger partial charge in [-0.2, -0.15) is 11.3 Å². The van der Waals surface area contributed by atoms with Crippen LogP contribution in [-0.4, -0.2) is 19.0 Å². The summed E-state index contributed by atoms with van der Waals surface area (Å²) < 4.78 is 0. The molecule has 0 aromatic carbocycles. The first-order chi connectivity index (χ1) is 7.86. The predicted octanol–water partition coefficient (Wildman–Crippen LogP) is 2.60. The molecule has 0 saturated heterocycles. The third-order valence-electron chi connectivity index (χ3n) is 2.17. The molecule has 0 radical (unpaired) electrons. The Hall–Kier alpha value is -1.03. The van der Waals surface area contributed by atoms with Gasteiger partial charge in [-0.3, -0.25) is 0 Å². The average molecular weight is 239 g/mol. The SMILES string of the molecule is CCCCNC(=NCc1ccsc1)NCC. The summed E-state index contributed by atoms with van der Waals surface area (Å²) in [5.41, 5.74) is 1.28. The van der Waals surface area contributed by atoms with Crippen LogP contribution >= 0.6 is 11.3 Å². The van der Waals surface area contributed by atoms with Gasteiger partial charge in [-0.1, -0.05) is 13.3 Å². The number of unbranched alkanes of at least 4 members (excludes halogenated alkanes) is 1. The molecular weight excluding hydrogens is 218 g/mol. The Labute approximate surface area is 102 Å². The summed E-state index contributed by atoms with van der Waals surface area (Å²) in [5.74, 6) is 0.919. The van der Waals surface area contributed by atoms with Crippen molar-refractivity contribution in [1.82, 2.24) is 10.6 Å². The van der Waals surface area contributed by atoms with Crippen molar-refractivity contribution in [3.63, 3.8) is 0 Å². The van der Waals surface area contributed by atoms with E-state index in [2.05, 4.69) is 46.3 Å². The molecule has 4 heteroatoms. The molecule has 0 aliphatic carbocycles. The zero-order chi connectivity index (χ0) is 11.6. The van der Waals surface area contributed by atoms with E-state index in [-0.39, 0.29) is 0 Å². The first-order valence-corrected chi connectivity index (χ1v) is 6.84. The number of guanidine groups is 1. The molecule has 16 heavy (non-hydrogen) atoms. The normalized spacial score (nSPS) is 11.5. The van der Waals surface area contributed by atoms with E-state index < -0.39 is 0 Å². The van der Waals surface area contributed by atoms with Crippen molar-refractivity contribution in [2.45, 2.75) is 33.2 Å². The van der Waals surface area contributed by atoms with Crippen LogP contribution in [0, 0.1) is 0 Å². The first kappa shape index (κ1) is 13.0. The minimum atomic E-state index is 0.755. The Morgan fingerprint density at radius 1 is 1.38 bits per heavy atom. The molecule has 0 unspecified atom stereocenters. The molecule has 0 atom stereocenters. The summed E-state index contributed by atoms with van der Waals surface area (Å²) in [4.78, 5) is 4.53. The number of nitrogens with zero attached hydrogens (tertiary/aromatic N) is 1. The second kappa shape index (κ2) is 8.16. The van der Waals surface area contributed by atoms with Crippen molar-refractivity contribution in [3.8, 4) is 0 Å². The molecule has 0 aliphatic rings. The fourth-order valence-electron chi connectivity index (χ4n) is 1.28. The summed E-state index contributed by atoms with van der Waals surface area (Å²) in [6.45, 7) is 6.93. The standard InChI is InChI=1S/C12H21N3S/c1-3-5-7-14-12(13-4-2)15-9-11-6-8-16-10-11/h6,8,10H,3-5,7,9H2,1-2H3,(H2,13,14,15). The molecule has 0 aliphatic heterocycles. The minimum absolute atomic E-state index is 0.755. The van der Waals surface area contributed by atoms with Crippen molar-refractivity contribution in [1.29, 1.82) is 0 Å². The Morgan fingerprint density at radius 2 is 2.25 bits per heavy atom. The molecule has 90 valence electrons. The van der Waals surface area contributed by atoms with Gasteiger partial charge in [0.05, 0.1) is 6.54 Å². The number of aliphatic imine (C=N–C) groups is 1. The Kier molecular flexibility index (Phi) is 6.65. The van der Waals surface area contributed by atoms with E-state index in [1.807, 2.05) is 0 Å². The third kappa shape index (κ3) is 5.16. The van der Waals surface area contributed by atoms with Gasteiger partial charge >= 0.3 is 0 Å². The van der Waals surface area contributed by atoms with Crippen LogP contribution in [0.25, 0.3) is 0 Å². The molecule has 1 aromatic heterocycles. The van der Waals surface area contributed by atoms with E-state index in [9.17, 15) is 0 Å². The number of hydrogen-bond donors (Lipinski definition) is 2. The average Bonchev–Trinajstić information content (AvgIpc) is 2.79. The topological polar surface area (TPSA) is 36.4 Å². The van der Waals surface area contributed by atoms with Gasteiger partial charge in [0.25, 0.3) is 0 Å². The molecule has 0 bridgehead atoms. The number of thiophene rings is 1. The van der Waals surface area contributed by atoms with Crippen LogP contribution in [-0.2, 0) is 6.54 Å². The van der Waals surface area contributed by atoms with Crippen molar-refractivity contribution < 1.29 is 0 Å². The Morgan fingerprint density at radius 3 is 2.88 bits per heavy atom. The lowest BCUT2D eigenvalue weighted by atomic mass is 10.3. The minimum Gasteiger partial charge on any atom is -0.357 e. The summed E-state index contributed by atoms with van der Waals surface area (Å²) in [5, 5.41) is 10.8. The van der Waals surface area contributed by atoms with Gasteiger partial charge < -0.3 is 10.6 Å². The lowest BCUT2D eigenvalue weighted by molar-refractivity contribution is 0.730. The molecule has 1 heterocycles. The smallest absolute Gasteiger partial charge is 0.191 e. The van der Waals surface area contributed by atoms with Crippen LogP contribution in [0.1, 0.15) is 32.3 Å². The van der Waals surface area contributed by atoms with Crippen LogP contribution < -0.4 is 10.6 Å².